The summed E-state index contributed by atoms with van der Waals surface area (Å²) in [6, 6.07) is 7.25. The van der Waals surface area contributed by atoms with E-state index in [1.54, 1.807) is 12.1 Å². The minimum atomic E-state index is -0.242. The van der Waals surface area contributed by atoms with E-state index in [0.717, 1.165) is 4.47 Å². The molecular weight excluding hydrogens is 304 g/mol. The van der Waals surface area contributed by atoms with E-state index >= 15 is 0 Å². The van der Waals surface area contributed by atoms with Gasteiger partial charge >= 0.3 is 5.97 Å². The van der Waals surface area contributed by atoms with Crippen molar-refractivity contribution >= 4 is 39.4 Å². The van der Waals surface area contributed by atoms with Crippen LogP contribution in [0.4, 0.5) is 0 Å². The molecule has 0 N–H and O–H groups in total. The lowest BCUT2D eigenvalue weighted by molar-refractivity contribution is -0.140. The number of esters is 1. The van der Waals surface area contributed by atoms with E-state index in [1.165, 1.54) is 18.9 Å². The summed E-state index contributed by atoms with van der Waals surface area (Å²) in [5.74, 6) is 0.828. The van der Waals surface area contributed by atoms with E-state index in [0.29, 0.717) is 23.5 Å². The molecule has 3 nitrogen and oxygen atoms in total. The molecule has 0 radical (unpaired) electrons. The minimum Gasteiger partial charge on any atom is -0.469 e. The molecule has 5 heteroatoms. The van der Waals surface area contributed by atoms with Crippen molar-refractivity contribution in [3.8, 4) is 0 Å². The third-order valence-corrected chi connectivity index (χ3v) is 3.57. The molecule has 0 unspecified atom stereocenters. The molecule has 0 aliphatic heterocycles. The zero-order valence-electron chi connectivity index (χ0n) is 9.44. The van der Waals surface area contributed by atoms with Gasteiger partial charge in [-0.05, 0) is 12.1 Å². The van der Waals surface area contributed by atoms with Crippen LogP contribution in [0.3, 0.4) is 0 Å². The van der Waals surface area contributed by atoms with Gasteiger partial charge in [0.2, 0.25) is 0 Å². The molecule has 0 aliphatic rings. The van der Waals surface area contributed by atoms with Crippen LogP contribution in [0.2, 0.25) is 0 Å². The van der Waals surface area contributed by atoms with Crippen molar-refractivity contribution in [3.05, 3.63) is 34.3 Å². The zero-order chi connectivity index (χ0) is 12.7. The number of hydrogen-bond acceptors (Lipinski definition) is 4. The highest BCUT2D eigenvalue weighted by molar-refractivity contribution is 9.10. The predicted molar refractivity (Wildman–Crippen MR) is 72.4 cm³/mol. The highest BCUT2D eigenvalue weighted by atomic mass is 79.9. The Balaban J connectivity index is 2.30. The van der Waals surface area contributed by atoms with Crippen LogP contribution in [-0.4, -0.2) is 30.4 Å². The molecule has 1 rings (SSSR count). The van der Waals surface area contributed by atoms with Crippen LogP contribution in [-0.2, 0) is 9.53 Å². The van der Waals surface area contributed by atoms with E-state index in [-0.39, 0.29) is 11.8 Å². The fourth-order valence-corrected chi connectivity index (χ4v) is 2.21. The Morgan fingerprint density at radius 3 is 2.53 bits per heavy atom. The fourth-order valence-electron chi connectivity index (χ4n) is 1.14. The zero-order valence-corrected chi connectivity index (χ0v) is 11.8. The molecule has 0 amide bonds. The summed E-state index contributed by atoms with van der Waals surface area (Å²) in [6.45, 7) is 0. The second-order valence-corrected chi connectivity index (χ2v) is 5.33. The number of carbonyl (C=O) groups is 2. The van der Waals surface area contributed by atoms with Gasteiger partial charge in [0.05, 0.1) is 19.3 Å². The number of ketones is 1. The number of rotatable bonds is 6. The molecule has 1 aromatic rings. The third-order valence-electron chi connectivity index (χ3n) is 2.08. The van der Waals surface area contributed by atoms with Crippen LogP contribution in [0.25, 0.3) is 0 Å². The lowest BCUT2D eigenvalue weighted by Crippen LogP contribution is -2.05. The van der Waals surface area contributed by atoms with Gasteiger partial charge in [0.15, 0.2) is 5.78 Å². The Kier molecular flexibility index (Phi) is 6.29. The van der Waals surface area contributed by atoms with Crippen molar-refractivity contribution < 1.29 is 14.3 Å². The van der Waals surface area contributed by atoms with Crippen molar-refractivity contribution in [2.45, 2.75) is 6.42 Å². The van der Waals surface area contributed by atoms with Crippen LogP contribution >= 0.6 is 27.7 Å². The average molecular weight is 317 g/mol. The monoisotopic (exact) mass is 316 g/mol. The number of carbonyl (C=O) groups excluding carboxylic acids is 2. The third kappa shape index (κ3) is 5.37. The molecule has 0 saturated carbocycles. The number of benzene rings is 1. The summed E-state index contributed by atoms with van der Waals surface area (Å²) in [7, 11) is 1.36. The van der Waals surface area contributed by atoms with Crippen LogP contribution in [0.1, 0.15) is 16.8 Å². The van der Waals surface area contributed by atoms with Gasteiger partial charge in [-0.3, -0.25) is 9.59 Å². The number of thioether (sulfide) groups is 1. The molecule has 0 aliphatic carbocycles. The number of Topliss-reactive ketones (excluding diaryl/α,β-unsaturated/α-hetero) is 1. The summed E-state index contributed by atoms with van der Waals surface area (Å²) in [5.41, 5.74) is 0.693. The molecule has 0 spiro atoms. The Morgan fingerprint density at radius 2 is 1.94 bits per heavy atom. The van der Waals surface area contributed by atoms with Gasteiger partial charge in [0.1, 0.15) is 0 Å². The van der Waals surface area contributed by atoms with E-state index in [1.807, 2.05) is 12.1 Å². The van der Waals surface area contributed by atoms with Crippen molar-refractivity contribution in [2.24, 2.45) is 0 Å². The first-order chi connectivity index (χ1) is 8.13. The quantitative estimate of drug-likeness (QED) is 0.460. The summed E-state index contributed by atoms with van der Waals surface area (Å²) < 4.78 is 5.46. The van der Waals surface area contributed by atoms with Gasteiger partial charge < -0.3 is 4.74 Å². The van der Waals surface area contributed by atoms with Gasteiger partial charge in [0.25, 0.3) is 0 Å². The predicted octanol–water partition coefficient (Wildman–Crippen LogP) is 2.93. The Bertz CT molecular complexity index is 389. The number of methoxy groups -OCH3 is 1. The maximum Gasteiger partial charge on any atom is 0.306 e. The molecular formula is C12H13BrO3S. The molecule has 0 bridgehead atoms. The molecule has 0 heterocycles. The topological polar surface area (TPSA) is 43.4 Å². The molecule has 1 aromatic carbocycles. The molecule has 0 fully saturated rings. The normalized spacial score (nSPS) is 10.0. The molecule has 17 heavy (non-hydrogen) atoms. The van der Waals surface area contributed by atoms with Gasteiger partial charge in [-0.15, -0.1) is 0 Å². The lowest BCUT2D eigenvalue weighted by atomic mass is 10.2. The summed E-state index contributed by atoms with van der Waals surface area (Å²) in [4.78, 5) is 22.6. The van der Waals surface area contributed by atoms with Gasteiger partial charge in [-0.2, -0.15) is 11.8 Å². The van der Waals surface area contributed by atoms with E-state index in [4.69, 9.17) is 0 Å². The van der Waals surface area contributed by atoms with Crippen LogP contribution in [0.5, 0.6) is 0 Å². The second kappa shape index (κ2) is 7.50. The largest absolute Gasteiger partial charge is 0.469 e. The molecule has 0 atom stereocenters. The lowest BCUT2D eigenvalue weighted by Gasteiger charge is -2.01. The van der Waals surface area contributed by atoms with Crippen LogP contribution in [0.15, 0.2) is 28.7 Å². The minimum absolute atomic E-state index is 0.0763. The number of ether oxygens (including phenoxy) is 1. The maximum absolute atomic E-state index is 11.7. The molecule has 0 aromatic heterocycles. The second-order valence-electron chi connectivity index (χ2n) is 3.31. The van der Waals surface area contributed by atoms with Crippen LogP contribution in [0, 0.1) is 0 Å². The highest BCUT2D eigenvalue weighted by Crippen LogP contribution is 2.13. The first-order valence-corrected chi connectivity index (χ1v) is 7.01. The van der Waals surface area contributed by atoms with Gasteiger partial charge in [-0.25, -0.2) is 0 Å². The Morgan fingerprint density at radius 1 is 1.29 bits per heavy atom. The van der Waals surface area contributed by atoms with Crippen molar-refractivity contribution in [3.63, 3.8) is 0 Å². The van der Waals surface area contributed by atoms with E-state index < -0.39 is 0 Å². The molecule has 92 valence electrons. The first-order valence-electron chi connectivity index (χ1n) is 5.07. The molecule has 0 saturated heterocycles. The standard InChI is InChI=1S/C12H13BrO3S/c1-16-12(15)6-7-17-8-11(14)9-2-4-10(13)5-3-9/h2-5H,6-8H2,1H3. The average Bonchev–Trinajstić information content (AvgIpc) is 2.34. The van der Waals surface area contributed by atoms with Crippen molar-refractivity contribution in [1.29, 1.82) is 0 Å². The smallest absolute Gasteiger partial charge is 0.306 e. The summed E-state index contributed by atoms with van der Waals surface area (Å²) in [5, 5.41) is 0. The van der Waals surface area contributed by atoms with Crippen molar-refractivity contribution in [1.82, 2.24) is 0 Å². The SMILES string of the molecule is COC(=O)CCSCC(=O)c1ccc(Br)cc1. The maximum atomic E-state index is 11.7. The number of hydrogen-bond donors (Lipinski definition) is 0. The summed E-state index contributed by atoms with van der Waals surface area (Å²) in [6.07, 6.45) is 0.342. The first kappa shape index (κ1) is 14.3. The van der Waals surface area contributed by atoms with Gasteiger partial charge in [0, 0.05) is 15.8 Å². The Labute approximate surface area is 113 Å². The van der Waals surface area contributed by atoms with E-state index in [2.05, 4.69) is 20.7 Å². The number of halogens is 1. The van der Waals surface area contributed by atoms with E-state index in [9.17, 15) is 9.59 Å². The highest BCUT2D eigenvalue weighted by Gasteiger charge is 2.06. The van der Waals surface area contributed by atoms with Crippen LogP contribution < -0.4 is 0 Å². The summed E-state index contributed by atoms with van der Waals surface area (Å²) >= 11 is 4.76. The van der Waals surface area contributed by atoms with Crippen molar-refractivity contribution in [2.75, 3.05) is 18.6 Å². The van der Waals surface area contributed by atoms with Gasteiger partial charge in [-0.1, -0.05) is 28.1 Å². The Hall–Kier alpha value is -0.810. The fraction of sp³-hybridized carbons (Fsp3) is 0.333.